The minimum atomic E-state index is -0.798. The van der Waals surface area contributed by atoms with E-state index in [0.717, 1.165) is 17.5 Å². The summed E-state index contributed by atoms with van der Waals surface area (Å²) in [7, 11) is 0. The van der Waals surface area contributed by atoms with Gasteiger partial charge in [-0.05, 0) is 36.1 Å². The Hall–Kier alpha value is -1.67. The number of rotatable bonds is 4. The molecular formula is C17H19FO. The number of hydrogen-bond acceptors (Lipinski definition) is 1. The van der Waals surface area contributed by atoms with Gasteiger partial charge in [0.1, 0.15) is 5.82 Å². The van der Waals surface area contributed by atoms with Gasteiger partial charge in [-0.15, -0.1) is 0 Å². The first-order valence-electron chi connectivity index (χ1n) is 6.62. The molecule has 1 unspecified atom stereocenters. The predicted molar refractivity (Wildman–Crippen MR) is 75.6 cm³/mol. The minimum Gasteiger partial charge on any atom is -0.388 e. The third-order valence-corrected chi connectivity index (χ3v) is 3.38. The van der Waals surface area contributed by atoms with Gasteiger partial charge in [0.2, 0.25) is 0 Å². The van der Waals surface area contributed by atoms with Crippen molar-refractivity contribution in [3.63, 3.8) is 0 Å². The van der Waals surface area contributed by atoms with Crippen molar-refractivity contribution in [2.75, 3.05) is 0 Å². The molecule has 1 nitrogen and oxygen atoms in total. The average Bonchev–Trinajstić information content (AvgIpc) is 2.39. The van der Waals surface area contributed by atoms with Crippen LogP contribution in [0.25, 0.3) is 0 Å². The van der Waals surface area contributed by atoms with Crippen molar-refractivity contribution >= 4 is 0 Å². The van der Waals surface area contributed by atoms with Crippen LogP contribution in [-0.2, 0) is 12.8 Å². The Morgan fingerprint density at radius 2 is 1.68 bits per heavy atom. The smallest absolute Gasteiger partial charge is 0.129 e. The summed E-state index contributed by atoms with van der Waals surface area (Å²) in [6.07, 6.45) is 0.632. The van der Waals surface area contributed by atoms with Gasteiger partial charge in [0.05, 0.1) is 6.10 Å². The molecule has 0 aliphatic heterocycles. The molecule has 0 aliphatic carbocycles. The molecular weight excluding hydrogens is 239 g/mol. The second kappa shape index (κ2) is 5.98. The van der Waals surface area contributed by atoms with Gasteiger partial charge in [-0.1, -0.05) is 43.3 Å². The van der Waals surface area contributed by atoms with Gasteiger partial charge >= 0.3 is 0 Å². The third-order valence-electron chi connectivity index (χ3n) is 3.38. The van der Waals surface area contributed by atoms with E-state index >= 15 is 0 Å². The van der Waals surface area contributed by atoms with Crippen molar-refractivity contribution in [1.82, 2.24) is 0 Å². The molecule has 0 saturated carbocycles. The Morgan fingerprint density at radius 3 is 2.26 bits per heavy atom. The number of aliphatic hydroxyl groups excluding tert-OH is 1. The molecule has 0 fully saturated rings. The maximum absolute atomic E-state index is 13.8. The van der Waals surface area contributed by atoms with E-state index in [0.29, 0.717) is 12.0 Å². The first kappa shape index (κ1) is 13.8. The van der Waals surface area contributed by atoms with E-state index in [1.54, 1.807) is 6.07 Å². The minimum absolute atomic E-state index is 0.335. The van der Waals surface area contributed by atoms with Crippen LogP contribution in [0.5, 0.6) is 0 Å². The molecule has 2 aromatic carbocycles. The lowest BCUT2D eigenvalue weighted by molar-refractivity contribution is 0.173. The van der Waals surface area contributed by atoms with Gasteiger partial charge in [0.25, 0.3) is 0 Å². The van der Waals surface area contributed by atoms with Crippen molar-refractivity contribution in [3.8, 4) is 0 Å². The van der Waals surface area contributed by atoms with Gasteiger partial charge in [-0.3, -0.25) is 0 Å². The van der Waals surface area contributed by atoms with Crippen LogP contribution in [0.4, 0.5) is 4.39 Å². The van der Waals surface area contributed by atoms with Crippen LogP contribution in [-0.4, -0.2) is 5.11 Å². The third kappa shape index (κ3) is 3.42. The van der Waals surface area contributed by atoms with Crippen molar-refractivity contribution in [2.45, 2.75) is 32.8 Å². The zero-order chi connectivity index (χ0) is 13.8. The first-order valence-corrected chi connectivity index (χ1v) is 6.62. The van der Waals surface area contributed by atoms with Crippen molar-refractivity contribution in [2.24, 2.45) is 0 Å². The highest BCUT2D eigenvalue weighted by molar-refractivity contribution is 5.28. The fraction of sp³-hybridized carbons (Fsp3) is 0.294. The van der Waals surface area contributed by atoms with Crippen LogP contribution in [0.15, 0.2) is 42.5 Å². The molecule has 0 aromatic heterocycles. The SMILES string of the molecule is CCc1ccc(CC(O)c2ccc(C)cc2F)cc1. The highest BCUT2D eigenvalue weighted by atomic mass is 19.1. The molecule has 2 heteroatoms. The summed E-state index contributed by atoms with van der Waals surface area (Å²) in [5.74, 6) is -0.335. The Labute approximate surface area is 113 Å². The second-order valence-corrected chi connectivity index (χ2v) is 4.91. The molecule has 19 heavy (non-hydrogen) atoms. The summed E-state index contributed by atoms with van der Waals surface area (Å²) in [5.41, 5.74) is 3.51. The quantitative estimate of drug-likeness (QED) is 0.879. The van der Waals surface area contributed by atoms with Crippen molar-refractivity contribution in [3.05, 3.63) is 70.5 Å². The summed E-state index contributed by atoms with van der Waals surface area (Å²) in [4.78, 5) is 0. The van der Waals surface area contributed by atoms with E-state index in [2.05, 4.69) is 6.92 Å². The zero-order valence-electron chi connectivity index (χ0n) is 11.4. The lowest BCUT2D eigenvalue weighted by atomic mass is 9.99. The summed E-state index contributed by atoms with van der Waals surface area (Å²) >= 11 is 0. The fourth-order valence-electron chi connectivity index (χ4n) is 2.15. The molecule has 0 spiro atoms. The van der Waals surface area contributed by atoms with Crippen LogP contribution in [0.1, 0.15) is 35.3 Å². The topological polar surface area (TPSA) is 20.2 Å². The number of aliphatic hydroxyl groups is 1. The second-order valence-electron chi connectivity index (χ2n) is 4.91. The molecule has 0 heterocycles. The summed E-state index contributed by atoms with van der Waals surface area (Å²) in [5, 5.41) is 10.1. The molecule has 1 atom stereocenters. The molecule has 2 aromatic rings. The standard InChI is InChI=1S/C17H19FO/c1-3-13-5-7-14(8-6-13)11-17(19)15-9-4-12(2)10-16(15)18/h4-10,17,19H,3,11H2,1-2H3. The van der Waals surface area contributed by atoms with Crippen LogP contribution in [0.2, 0.25) is 0 Å². The van der Waals surface area contributed by atoms with Gasteiger partial charge < -0.3 is 5.11 Å². The summed E-state index contributed by atoms with van der Waals surface area (Å²) in [6, 6.07) is 13.0. The Bertz CT molecular complexity index is 546. The maximum Gasteiger partial charge on any atom is 0.129 e. The molecule has 0 saturated heterocycles. The first-order chi connectivity index (χ1) is 9.10. The van der Waals surface area contributed by atoms with Crippen LogP contribution in [0, 0.1) is 12.7 Å². The predicted octanol–water partition coefficient (Wildman–Crippen LogP) is 3.97. The number of halogens is 1. The number of aryl methyl sites for hydroxylation is 2. The molecule has 100 valence electrons. The van der Waals surface area contributed by atoms with E-state index in [1.807, 2.05) is 37.3 Å². The van der Waals surface area contributed by atoms with Crippen molar-refractivity contribution in [1.29, 1.82) is 0 Å². The normalized spacial score (nSPS) is 12.4. The zero-order valence-corrected chi connectivity index (χ0v) is 11.4. The Morgan fingerprint density at radius 1 is 1.05 bits per heavy atom. The number of benzene rings is 2. The molecule has 0 radical (unpaired) electrons. The van der Waals surface area contributed by atoms with Crippen LogP contribution in [0.3, 0.4) is 0 Å². The lowest BCUT2D eigenvalue weighted by Crippen LogP contribution is -2.04. The summed E-state index contributed by atoms with van der Waals surface area (Å²) < 4.78 is 13.8. The van der Waals surface area contributed by atoms with Crippen molar-refractivity contribution < 1.29 is 9.50 Å². The van der Waals surface area contributed by atoms with E-state index < -0.39 is 6.10 Å². The lowest BCUT2D eigenvalue weighted by Gasteiger charge is -2.13. The maximum atomic E-state index is 13.8. The molecule has 0 aliphatic rings. The highest BCUT2D eigenvalue weighted by Crippen LogP contribution is 2.22. The van der Waals surface area contributed by atoms with Crippen LogP contribution < -0.4 is 0 Å². The summed E-state index contributed by atoms with van der Waals surface area (Å²) in [6.45, 7) is 3.94. The molecule has 0 amide bonds. The van der Waals surface area contributed by atoms with E-state index in [9.17, 15) is 9.50 Å². The van der Waals surface area contributed by atoms with Gasteiger partial charge in [0, 0.05) is 12.0 Å². The molecule has 1 N–H and O–H groups in total. The van der Waals surface area contributed by atoms with E-state index in [-0.39, 0.29) is 5.82 Å². The Balaban J connectivity index is 2.13. The fourth-order valence-corrected chi connectivity index (χ4v) is 2.15. The van der Waals surface area contributed by atoms with Gasteiger partial charge in [-0.25, -0.2) is 4.39 Å². The van der Waals surface area contributed by atoms with Crippen LogP contribution >= 0.6 is 0 Å². The Kier molecular flexibility index (Phi) is 4.33. The van der Waals surface area contributed by atoms with Gasteiger partial charge in [0.15, 0.2) is 0 Å². The monoisotopic (exact) mass is 258 g/mol. The molecule has 2 rings (SSSR count). The highest BCUT2D eigenvalue weighted by Gasteiger charge is 2.13. The van der Waals surface area contributed by atoms with Gasteiger partial charge in [-0.2, -0.15) is 0 Å². The van der Waals surface area contributed by atoms with E-state index in [4.69, 9.17) is 0 Å². The number of hydrogen-bond donors (Lipinski definition) is 1. The van der Waals surface area contributed by atoms with E-state index in [1.165, 1.54) is 11.6 Å². The average molecular weight is 258 g/mol. The largest absolute Gasteiger partial charge is 0.388 e. The molecule has 0 bridgehead atoms.